The summed E-state index contributed by atoms with van der Waals surface area (Å²) in [4.78, 5) is 16.2. The van der Waals surface area contributed by atoms with Gasteiger partial charge in [0.25, 0.3) is 0 Å². The van der Waals surface area contributed by atoms with Gasteiger partial charge in [0.05, 0.1) is 0 Å². The van der Waals surface area contributed by atoms with E-state index in [0.29, 0.717) is 28.9 Å². The first kappa shape index (κ1) is 13.8. The maximum absolute atomic E-state index is 12.1. The van der Waals surface area contributed by atoms with E-state index in [4.69, 9.17) is 26.4 Å². The second-order valence-corrected chi connectivity index (χ2v) is 5.17. The Morgan fingerprint density at radius 1 is 1.48 bits per heavy atom. The zero-order chi connectivity index (χ0) is 14.8. The Morgan fingerprint density at radius 2 is 2.29 bits per heavy atom. The van der Waals surface area contributed by atoms with Gasteiger partial charge >= 0.3 is 5.97 Å². The van der Waals surface area contributed by atoms with Crippen LogP contribution in [0.3, 0.4) is 0 Å². The summed E-state index contributed by atoms with van der Waals surface area (Å²) in [6, 6.07) is 5.46. The number of benzene rings is 1. The van der Waals surface area contributed by atoms with E-state index in [2.05, 4.69) is 10.3 Å². The number of hydrogen-bond acceptors (Lipinski definition) is 5. The van der Waals surface area contributed by atoms with Gasteiger partial charge in [-0.1, -0.05) is 6.07 Å². The van der Waals surface area contributed by atoms with Crippen molar-refractivity contribution in [2.75, 3.05) is 13.3 Å². The van der Waals surface area contributed by atoms with Gasteiger partial charge in [-0.05, 0) is 36.8 Å². The Bertz CT molecular complexity index is 629. The van der Waals surface area contributed by atoms with Gasteiger partial charge in [0.2, 0.25) is 6.79 Å². The number of hydrogen-bond donors (Lipinski definition) is 1. The van der Waals surface area contributed by atoms with Crippen molar-refractivity contribution < 1.29 is 19.0 Å². The lowest BCUT2D eigenvalue weighted by atomic mass is 10.0. The Kier molecular flexibility index (Phi) is 3.74. The first-order chi connectivity index (χ1) is 10.1. The molecule has 1 atom stereocenters. The number of nitrogens with one attached hydrogen (secondary N) is 1. The SMILES string of the molecule is CC1=NC(=S)NCC1C(=O)OCc1ccc2c(c1)OCO2. The molecule has 0 saturated carbocycles. The van der Waals surface area contributed by atoms with E-state index in [9.17, 15) is 4.79 Å². The van der Waals surface area contributed by atoms with Crippen LogP contribution < -0.4 is 14.8 Å². The lowest BCUT2D eigenvalue weighted by molar-refractivity contribution is -0.147. The second-order valence-electron chi connectivity index (χ2n) is 4.79. The van der Waals surface area contributed by atoms with Crippen LogP contribution in [0.15, 0.2) is 23.2 Å². The summed E-state index contributed by atoms with van der Waals surface area (Å²) in [5.41, 5.74) is 1.52. The normalized spacial score (nSPS) is 19.8. The third kappa shape index (κ3) is 2.97. The van der Waals surface area contributed by atoms with Gasteiger partial charge in [0, 0.05) is 12.3 Å². The van der Waals surface area contributed by atoms with Crippen molar-refractivity contribution >= 4 is 29.0 Å². The second kappa shape index (κ2) is 5.69. The summed E-state index contributed by atoms with van der Waals surface area (Å²) in [5, 5.41) is 3.29. The van der Waals surface area contributed by atoms with Crippen LogP contribution in [0, 0.1) is 5.92 Å². The minimum atomic E-state index is -0.397. The minimum absolute atomic E-state index is 0.184. The van der Waals surface area contributed by atoms with Crippen molar-refractivity contribution in [3.05, 3.63) is 23.8 Å². The topological polar surface area (TPSA) is 69.2 Å². The number of esters is 1. The van der Waals surface area contributed by atoms with E-state index in [1.165, 1.54) is 0 Å². The molecule has 6 nitrogen and oxygen atoms in total. The predicted molar refractivity (Wildman–Crippen MR) is 79.6 cm³/mol. The molecular weight excluding hydrogens is 292 g/mol. The predicted octanol–water partition coefficient (Wildman–Crippen LogP) is 1.42. The molecular formula is C14H14N2O4S. The molecule has 110 valence electrons. The Morgan fingerprint density at radius 3 is 3.10 bits per heavy atom. The summed E-state index contributed by atoms with van der Waals surface area (Å²) in [7, 11) is 0. The van der Waals surface area contributed by atoms with E-state index >= 15 is 0 Å². The molecule has 7 heteroatoms. The Hall–Kier alpha value is -2.15. The summed E-state index contributed by atoms with van der Waals surface area (Å²) >= 11 is 4.93. The fraction of sp³-hybridized carbons (Fsp3) is 0.357. The highest BCUT2D eigenvalue weighted by Crippen LogP contribution is 2.32. The number of fused-ring (bicyclic) bond motifs is 1. The highest BCUT2D eigenvalue weighted by Gasteiger charge is 2.26. The molecule has 0 aromatic heterocycles. The Balaban J connectivity index is 1.61. The summed E-state index contributed by atoms with van der Waals surface area (Å²) < 4.78 is 15.9. The van der Waals surface area contributed by atoms with Crippen molar-refractivity contribution in [2.45, 2.75) is 13.5 Å². The molecule has 1 N–H and O–H groups in total. The summed E-state index contributed by atoms with van der Waals surface area (Å²) in [5.74, 6) is 0.665. The molecule has 2 aliphatic rings. The number of carbonyl (C=O) groups is 1. The highest BCUT2D eigenvalue weighted by atomic mass is 32.1. The number of carbonyl (C=O) groups excluding carboxylic acids is 1. The molecule has 0 spiro atoms. The third-order valence-corrected chi connectivity index (χ3v) is 3.58. The van der Waals surface area contributed by atoms with Gasteiger partial charge in [-0.25, -0.2) is 4.99 Å². The molecule has 0 bridgehead atoms. The fourth-order valence-corrected chi connectivity index (χ4v) is 2.38. The average molecular weight is 306 g/mol. The zero-order valence-electron chi connectivity index (χ0n) is 11.4. The third-order valence-electron chi connectivity index (χ3n) is 3.34. The molecule has 1 unspecified atom stereocenters. The molecule has 0 radical (unpaired) electrons. The molecule has 0 saturated heterocycles. The first-order valence-electron chi connectivity index (χ1n) is 6.51. The monoisotopic (exact) mass is 306 g/mol. The van der Waals surface area contributed by atoms with Gasteiger partial charge in [-0.2, -0.15) is 0 Å². The molecule has 0 fully saturated rings. The van der Waals surface area contributed by atoms with Crippen LogP contribution in [0.1, 0.15) is 12.5 Å². The molecule has 2 heterocycles. The molecule has 0 amide bonds. The molecule has 3 rings (SSSR count). The van der Waals surface area contributed by atoms with E-state index in [1.807, 2.05) is 12.1 Å². The van der Waals surface area contributed by atoms with E-state index < -0.39 is 5.92 Å². The fourth-order valence-electron chi connectivity index (χ4n) is 2.15. The van der Waals surface area contributed by atoms with Crippen LogP contribution in [0.4, 0.5) is 0 Å². The zero-order valence-corrected chi connectivity index (χ0v) is 12.2. The Labute approximate surface area is 127 Å². The lowest BCUT2D eigenvalue weighted by Crippen LogP contribution is -2.41. The van der Waals surface area contributed by atoms with Gasteiger partial charge in [0.15, 0.2) is 16.6 Å². The minimum Gasteiger partial charge on any atom is -0.460 e. The number of thiocarbonyl (C=S) groups is 1. The van der Waals surface area contributed by atoms with E-state index in [0.717, 1.165) is 5.56 Å². The largest absolute Gasteiger partial charge is 0.460 e. The van der Waals surface area contributed by atoms with Crippen LogP contribution in [-0.4, -0.2) is 30.1 Å². The van der Waals surface area contributed by atoms with Gasteiger partial charge in [-0.15, -0.1) is 0 Å². The van der Waals surface area contributed by atoms with Gasteiger partial charge in [0.1, 0.15) is 12.5 Å². The molecule has 21 heavy (non-hydrogen) atoms. The number of rotatable bonds is 3. The number of nitrogens with zero attached hydrogens (tertiary/aromatic N) is 1. The lowest BCUT2D eigenvalue weighted by Gasteiger charge is -2.21. The number of aliphatic imine (C=N–C) groups is 1. The van der Waals surface area contributed by atoms with E-state index in [-0.39, 0.29) is 19.4 Å². The standard InChI is InChI=1S/C14H14N2O4S/c1-8-10(5-15-14(21)16-8)13(17)18-6-9-2-3-11-12(4-9)20-7-19-11/h2-4,10H,5-7H2,1H3,(H,15,21). The highest BCUT2D eigenvalue weighted by molar-refractivity contribution is 7.80. The molecule has 1 aromatic carbocycles. The van der Waals surface area contributed by atoms with Crippen LogP contribution in [-0.2, 0) is 16.1 Å². The quantitative estimate of drug-likeness (QED) is 0.673. The van der Waals surface area contributed by atoms with Crippen molar-refractivity contribution in [2.24, 2.45) is 10.9 Å². The first-order valence-corrected chi connectivity index (χ1v) is 6.92. The smallest absolute Gasteiger partial charge is 0.316 e. The van der Waals surface area contributed by atoms with Crippen molar-refractivity contribution in [1.29, 1.82) is 0 Å². The average Bonchev–Trinajstić information content (AvgIpc) is 2.92. The molecule has 1 aromatic rings. The van der Waals surface area contributed by atoms with Crippen LogP contribution in [0.5, 0.6) is 11.5 Å². The van der Waals surface area contributed by atoms with Crippen molar-refractivity contribution in [3.8, 4) is 11.5 Å². The van der Waals surface area contributed by atoms with E-state index in [1.54, 1.807) is 13.0 Å². The van der Waals surface area contributed by atoms with Gasteiger partial charge in [-0.3, -0.25) is 4.79 Å². The number of ether oxygens (including phenoxy) is 3. The maximum atomic E-state index is 12.1. The van der Waals surface area contributed by atoms with Crippen LogP contribution in [0.2, 0.25) is 0 Å². The summed E-state index contributed by atoms with van der Waals surface area (Å²) in [6.45, 7) is 2.61. The summed E-state index contributed by atoms with van der Waals surface area (Å²) in [6.07, 6.45) is 0. The van der Waals surface area contributed by atoms with Crippen molar-refractivity contribution in [1.82, 2.24) is 5.32 Å². The van der Waals surface area contributed by atoms with Gasteiger partial charge < -0.3 is 19.5 Å². The maximum Gasteiger partial charge on any atom is 0.316 e. The molecule has 0 aliphatic carbocycles. The molecule has 2 aliphatic heterocycles. The van der Waals surface area contributed by atoms with Crippen LogP contribution >= 0.6 is 12.2 Å². The van der Waals surface area contributed by atoms with Crippen LogP contribution in [0.25, 0.3) is 0 Å². The van der Waals surface area contributed by atoms with Crippen molar-refractivity contribution in [3.63, 3.8) is 0 Å².